The molecule has 0 radical (unpaired) electrons. The molecule has 0 aliphatic carbocycles. The van der Waals surface area contributed by atoms with Gasteiger partial charge >= 0.3 is 0 Å². The van der Waals surface area contributed by atoms with Crippen molar-refractivity contribution in [1.29, 1.82) is 0 Å². The summed E-state index contributed by atoms with van der Waals surface area (Å²) in [5.74, 6) is 0.827. The molecule has 0 unspecified atom stereocenters. The predicted octanol–water partition coefficient (Wildman–Crippen LogP) is 4.64. The number of methoxy groups -OCH3 is 1. The third kappa shape index (κ3) is 2.53. The van der Waals surface area contributed by atoms with Crippen LogP contribution in [0, 0.1) is 0 Å². The van der Waals surface area contributed by atoms with Crippen molar-refractivity contribution in [2.75, 3.05) is 12.4 Å². The second kappa shape index (κ2) is 5.39. The number of hydrogen-bond acceptors (Lipinski definition) is 3. The van der Waals surface area contributed by atoms with Gasteiger partial charge in [-0.05, 0) is 36.4 Å². The Morgan fingerprint density at radius 3 is 2.55 bits per heavy atom. The Kier molecular flexibility index (Phi) is 3.44. The number of benzene rings is 2. The molecule has 0 fully saturated rings. The van der Waals surface area contributed by atoms with Gasteiger partial charge in [0.25, 0.3) is 0 Å². The van der Waals surface area contributed by atoms with E-state index in [-0.39, 0.29) is 0 Å². The van der Waals surface area contributed by atoms with Gasteiger partial charge in [-0.3, -0.25) is 0 Å². The van der Waals surface area contributed by atoms with Crippen LogP contribution in [0.4, 0.5) is 11.4 Å². The zero-order valence-electron chi connectivity index (χ0n) is 10.9. The van der Waals surface area contributed by atoms with Gasteiger partial charge in [-0.25, -0.2) is 4.98 Å². The van der Waals surface area contributed by atoms with Crippen LogP contribution in [0.25, 0.3) is 10.9 Å². The monoisotopic (exact) mass is 284 g/mol. The van der Waals surface area contributed by atoms with Crippen molar-refractivity contribution in [3.8, 4) is 5.75 Å². The number of fused-ring (bicyclic) bond motifs is 1. The van der Waals surface area contributed by atoms with Crippen molar-refractivity contribution in [2.24, 2.45) is 0 Å². The van der Waals surface area contributed by atoms with E-state index in [0.29, 0.717) is 5.15 Å². The van der Waals surface area contributed by atoms with Gasteiger partial charge in [0.15, 0.2) is 0 Å². The summed E-state index contributed by atoms with van der Waals surface area (Å²) in [7, 11) is 1.65. The zero-order chi connectivity index (χ0) is 13.9. The van der Waals surface area contributed by atoms with E-state index in [1.165, 1.54) is 0 Å². The number of nitrogens with zero attached hydrogens (tertiary/aromatic N) is 1. The van der Waals surface area contributed by atoms with E-state index in [1.54, 1.807) is 7.11 Å². The summed E-state index contributed by atoms with van der Waals surface area (Å²) in [6.07, 6.45) is 0. The fraction of sp³-hybridized carbons (Fsp3) is 0.0625. The highest BCUT2D eigenvalue weighted by molar-refractivity contribution is 6.30. The van der Waals surface area contributed by atoms with Crippen LogP contribution in [-0.4, -0.2) is 12.1 Å². The molecule has 0 saturated carbocycles. The molecule has 0 amide bonds. The van der Waals surface area contributed by atoms with Crippen LogP contribution in [0.15, 0.2) is 54.6 Å². The van der Waals surface area contributed by atoms with Crippen molar-refractivity contribution in [3.63, 3.8) is 0 Å². The summed E-state index contributed by atoms with van der Waals surface area (Å²) in [4.78, 5) is 4.31. The van der Waals surface area contributed by atoms with Crippen LogP contribution in [0.3, 0.4) is 0 Å². The van der Waals surface area contributed by atoms with Gasteiger partial charge in [0.2, 0.25) is 0 Å². The van der Waals surface area contributed by atoms with Gasteiger partial charge in [-0.1, -0.05) is 29.8 Å². The van der Waals surface area contributed by atoms with E-state index in [4.69, 9.17) is 16.3 Å². The molecule has 2 aromatic carbocycles. The lowest BCUT2D eigenvalue weighted by molar-refractivity contribution is 0.415. The number of anilines is 2. The normalized spacial score (nSPS) is 10.5. The summed E-state index contributed by atoms with van der Waals surface area (Å²) >= 11 is 6.07. The molecule has 0 bridgehead atoms. The van der Waals surface area contributed by atoms with E-state index in [9.17, 15) is 0 Å². The maximum atomic E-state index is 6.07. The topological polar surface area (TPSA) is 34.1 Å². The average molecular weight is 285 g/mol. The molecular formula is C16H13ClN2O. The highest BCUT2D eigenvalue weighted by atomic mass is 35.5. The van der Waals surface area contributed by atoms with E-state index in [2.05, 4.69) is 10.3 Å². The van der Waals surface area contributed by atoms with Gasteiger partial charge < -0.3 is 10.1 Å². The molecule has 0 aliphatic heterocycles. The molecule has 20 heavy (non-hydrogen) atoms. The maximum absolute atomic E-state index is 6.07. The molecular weight excluding hydrogens is 272 g/mol. The molecule has 1 aromatic heterocycles. The number of hydrogen-bond donors (Lipinski definition) is 1. The molecule has 3 nitrogen and oxygen atoms in total. The molecule has 0 saturated heterocycles. The molecule has 0 aliphatic rings. The smallest absolute Gasteiger partial charge is 0.131 e. The van der Waals surface area contributed by atoms with Gasteiger partial charge in [0, 0.05) is 11.1 Å². The van der Waals surface area contributed by atoms with Crippen molar-refractivity contribution in [2.45, 2.75) is 0 Å². The standard InChI is InChI=1S/C16H13ClN2O/c1-20-12-8-6-11(7-9-12)18-15-10-16(17)19-14-5-3-2-4-13(14)15/h2-10H,1H3,(H,18,19). The number of aromatic nitrogens is 1. The SMILES string of the molecule is COc1ccc(Nc2cc(Cl)nc3ccccc23)cc1. The number of rotatable bonds is 3. The number of nitrogens with one attached hydrogen (secondary N) is 1. The molecule has 1 heterocycles. The fourth-order valence-electron chi connectivity index (χ4n) is 2.08. The van der Waals surface area contributed by atoms with E-state index in [0.717, 1.165) is 28.0 Å². The second-order valence-corrected chi connectivity index (χ2v) is 4.75. The van der Waals surface area contributed by atoms with E-state index < -0.39 is 0 Å². The summed E-state index contributed by atoms with van der Waals surface area (Å²) in [6, 6.07) is 17.5. The Morgan fingerprint density at radius 1 is 1.05 bits per heavy atom. The number of halogens is 1. The van der Waals surface area contributed by atoms with Crippen molar-refractivity contribution < 1.29 is 4.74 Å². The van der Waals surface area contributed by atoms with Crippen molar-refractivity contribution >= 4 is 33.9 Å². The number of ether oxygens (including phenoxy) is 1. The Labute approximate surface area is 122 Å². The summed E-state index contributed by atoms with van der Waals surface area (Å²) in [5.41, 5.74) is 2.78. The minimum Gasteiger partial charge on any atom is -0.497 e. The van der Waals surface area contributed by atoms with Crippen LogP contribution in [0.1, 0.15) is 0 Å². The Bertz CT molecular complexity index is 741. The lowest BCUT2D eigenvalue weighted by Gasteiger charge is -2.10. The van der Waals surface area contributed by atoms with Gasteiger partial charge in [-0.15, -0.1) is 0 Å². The molecule has 0 atom stereocenters. The first-order chi connectivity index (χ1) is 9.76. The Morgan fingerprint density at radius 2 is 1.80 bits per heavy atom. The summed E-state index contributed by atoms with van der Waals surface area (Å²) in [6.45, 7) is 0. The number of para-hydroxylation sites is 1. The molecule has 4 heteroatoms. The van der Waals surface area contributed by atoms with Crippen molar-refractivity contribution in [1.82, 2.24) is 4.98 Å². The highest BCUT2D eigenvalue weighted by Crippen LogP contribution is 2.28. The minimum atomic E-state index is 0.472. The first-order valence-corrected chi connectivity index (χ1v) is 6.60. The third-order valence-corrected chi connectivity index (χ3v) is 3.25. The van der Waals surface area contributed by atoms with Crippen LogP contribution in [0.2, 0.25) is 5.15 Å². The van der Waals surface area contributed by atoms with E-state index in [1.807, 2.05) is 54.6 Å². The van der Waals surface area contributed by atoms with Crippen LogP contribution in [-0.2, 0) is 0 Å². The second-order valence-electron chi connectivity index (χ2n) is 4.36. The lowest BCUT2D eigenvalue weighted by Crippen LogP contribution is -1.93. The fourth-order valence-corrected chi connectivity index (χ4v) is 2.28. The zero-order valence-corrected chi connectivity index (χ0v) is 11.7. The highest BCUT2D eigenvalue weighted by Gasteiger charge is 2.04. The molecule has 3 aromatic rings. The predicted molar refractivity (Wildman–Crippen MR) is 83.0 cm³/mol. The third-order valence-electron chi connectivity index (χ3n) is 3.05. The lowest BCUT2D eigenvalue weighted by atomic mass is 10.2. The van der Waals surface area contributed by atoms with Crippen LogP contribution < -0.4 is 10.1 Å². The maximum Gasteiger partial charge on any atom is 0.131 e. The number of pyridine rings is 1. The molecule has 1 N–H and O–H groups in total. The van der Waals surface area contributed by atoms with Crippen LogP contribution >= 0.6 is 11.6 Å². The molecule has 0 spiro atoms. The van der Waals surface area contributed by atoms with Gasteiger partial charge in [-0.2, -0.15) is 0 Å². The van der Waals surface area contributed by atoms with Crippen molar-refractivity contribution in [3.05, 3.63) is 59.8 Å². The largest absolute Gasteiger partial charge is 0.497 e. The first kappa shape index (κ1) is 12.8. The van der Waals surface area contributed by atoms with Gasteiger partial charge in [0.1, 0.15) is 10.9 Å². The summed E-state index contributed by atoms with van der Waals surface area (Å²) < 4.78 is 5.15. The van der Waals surface area contributed by atoms with E-state index >= 15 is 0 Å². The Hall–Kier alpha value is -2.26. The summed E-state index contributed by atoms with van der Waals surface area (Å²) in [5, 5.41) is 4.87. The molecule has 3 rings (SSSR count). The minimum absolute atomic E-state index is 0.472. The first-order valence-electron chi connectivity index (χ1n) is 6.22. The Balaban J connectivity index is 2.01. The van der Waals surface area contributed by atoms with Gasteiger partial charge in [0.05, 0.1) is 18.3 Å². The average Bonchev–Trinajstić information content (AvgIpc) is 2.48. The quantitative estimate of drug-likeness (QED) is 0.712. The van der Waals surface area contributed by atoms with Crippen LogP contribution in [0.5, 0.6) is 5.75 Å². The molecule has 100 valence electrons.